The molecule has 0 aliphatic carbocycles. The zero-order valence-corrected chi connectivity index (χ0v) is 13.6. The summed E-state index contributed by atoms with van der Waals surface area (Å²) in [6.07, 6.45) is 0.189. The lowest BCUT2D eigenvalue weighted by atomic mass is 9.90. The van der Waals surface area contributed by atoms with Crippen molar-refractivity contribution in [3.05, 3.63) is 34.7 Å². The normalized spacial score (nSPS) is 16.3. The van der Waals surface area contributed by atoms with E-state index in [1.165, 1.54) is 0 Å². The SMILES string of the molecule is CCn1c(=O)n(CCC(=O)OCC2(C)COC2)c2ccccc21. The van der Waals surface area contributed by atoms with E-state index in [0.717, 1.165) is 11.0 Å². The number of hydrogen-bond acceptors (Lipinski definition) is 4. The van der Waals surface area contributed by atoms with Crippen molar-refractivity contribution in [1.82, 2.24) is 9.13 Å². The van der Waals surface area contributed by atoms with Gasteiger partial charge < -0.3 is 9.47 Å². The number of aryl methyl sites for hydroxylation is 2. The second-order valence-electron chi connectivity index (χ2n) is 6.38. The Morgan fingerprint density at radius 1 is 1.26 bits per heavy atom. The van der Waals surface area contributed by atoms with Crippen LogP contribution in [-0.2, 0) is 27.4 Å². The van der Waals surface area contributed by atoms with Crippen molar-refractivity contribution < 1.29 is 14.3 Å². The molecule has 1 aromatic heterocycles. The van der Waals surface area contributed by atoms with Gasteiger partial charge in [-0.15, -0.1) is 0 Å². The maximum Gasteiger partial charge on any atom is 0.329 e. The number of benzene rings is 1. The third kappa shape index (κ3) is 3.03. The Balaban J connectivity index is 1.68. The maximum absolute atomic E-state index is 12.5. The van der Waals surface area contributed by atoms with E-state index < -0.39 is 0 Å². The summed E-state index contributed by atoms with van der Waals surface area (Å²) in [6, 6.07) is 7.63. The summed E-state index contributed by atoms with van der Waals surface area (Å²) in [5.74, 6) is -0.279. The van der Waals surface area contributed by atoms with Gasteiger partial charge in [-0.1, -0.05) is 19.1 Å². The molecule has 1 aromatic carbocycles. The number of carbonyl (C=O) groups is 1. The minimum atomic E-state index is -0.279. The second kappa shape index (κ2) is 6.20. The van der Waals surface area contributed by atoms with Crippen LogP contribution in [0.25, 0.3) is 11.0 Å². The Bertz CT molecular complexity index is 770. The van der Waals surface area contributed by atoms with Crippen LogP contribution in [0.3, 0.4) is 0 Å². The molecule has 1 aliphatic heterocycles. The number of esters is 1. The van der Waals surface area contributed by atoms with Gasteiger partial charge >= 0.3 is 11.7 Å². The molecule has 0 spiro atoms. The van der Waals surface area contributed by atoms with Crippen LogP contribution in [0.5, 0.6) is 0 Å². The number of nitrogens with zero attached hydrogens (tertiary/aromatic N) is 2. The number of ether oxygens (including phenoxy) is 2. The van der Waals surface area contributed by atoms with Crippen LogP contribution in [0.2, 0.25) is 0 Å². The summed E-state index contributed by atoms with van der Waals surface area (Å²) in [4.78, 5) is 24.4. The molecule has 1 aliphatic rings. The predicted octanol–water partition coefficient (Wildman–Crippen LogP) is 1.79. The fourth-order valence-corrected chi connectivity index (χ4v) is 2.86. The predicted molar refractivity (Wildman–Crippen MR) is 86.4 cm³/mol. The molecule has 0 saturated carbocycles. The first kappa shape index (κ1) is 15.8. The molecule has 6 heteroatoms. The molecule has 124 valence electrons. The molecular formula is C17H22N2O4. The van der Waals surface area contributed by atoms with E-state index in [-0.39, 0.29) is 23.5 Å². The number of carbonyl (C=O) groups excluding carboxylic acids is 1. The summed E-state index contributed by atoms with van der Waals surface area (Å²) in [7, 11) is 0. The van der Waals surface area contributed by atoms with Gasteiger partial charge in [0.25, 0.3) is 0 Å². The van der Waals surface area contributed by atoms with Crippen LogP contribution in [0.15, 0.2) is 29.1 Å². The molecule has 0 bridgehead atoms. The van der Waals surface area contributed by atoms with Crippen molar-refractivity contribution in [2.45, 2.75) is 33.4 Å². The summed E-state index contributed by atoms with van der Waals surface area (Å²) >= 11 is 0. The molecular weight excluding hydrogens is 296 g/mol. The Hall–Kier alpha value is -2.08. The van der Waals surface area contributed by atoms with Gasteiger partial charge in [0.05, 0.1) is 30.7 Å². The minimum Gasteiger partial charge on any atom is -0.465 e. The number of fused-ring (bicyclic) bond motifs is 1. The van der Waals surface area contributed by atoms with E-state index in [1.807, 2.05) is 38.1 Å². The highest BCUT2D eigenvalue weighted by Crippen LogP contribution is 2.26. The third-order valence-corrected chi connectivity index (χ3v) is 4.26. The van der Waals surface area contributed by atoms with Gasteiger partial charge in [-0.05, 0) is 19.1 Å². The van der Waals surface area contributed by atoms with Crippen LogP contribution in [-0.4, -0.2) is 34.9 Å². The van der Waals surface area contributed by atoms with Crippen LogP contribution in [0.4, 0.5) is 0 Å². The van der Waals surface area contributed by atoms with Gasteiger partial charge in [0.2, 0.25) is 0 Å². The standard InChI is InChI=1S/C17H22N2O4/c1-3-18-13-6-4-5-7-14(13)19(16(18)21)9-8-15(20)23-12-17(2)10-22-11-17/h4-7H,3,8-12H2,1-2H3. The van der Waals surface area contributed by atoms with Gasteiger partial charge in [0, 0.05) is 18.5 Å². The maximum atomic E-state index is 12.5. The minimum absolute atomic E-state index is 0.0509. The lowest BCUT2D eigenvalue weighted by Gasteiger charge is -2.37. The van der Waals surface area contributed by atoms with Crippen molar-refractivity contribution in [2.75, 3.05) is 19.8 Å². The van der Waals surface area contributed by atoms with Crippen molar-refractivity contribution in [3.63, 3.8) is 0 Å². The lowest BCUT2D eigenvalue weighted by molar-refractivity contribution is -0.165. The van der Waals surface area contributed by atoms with Gasteiger partial charge in [0.1, 0.15) is 6.61 Å². The Morgan fingerprint density at radius 2 is 1.91 bits per heavy atom. The molecule has 23 heavy (non-hydrogen) atoms. The summed E-state index contributed by atoms with van der Waals surface area (Å²) in [6.45, 7) is 6.54. The molecule has 0 unspecified atom stereocenters. The monoisotopic (exact) mass is 318 g/mol. The Morgan fingerprint density at radius 3 is 2.48 bits per heavy atom. The third-order valence-electron chi connectivity index (χ3n) is 4.26. The molecule has 0 amide bonds. The summed E-state index contributed by atoms with van der Waals surface area (Å²) in [5, 5.41) is 0. The molecule has 0 atom stereocenters. The number of para-hydroxylation sites is 2. The van der Waals surface area contributed by atoms with Gasteiger partial charge in [0.15, 0.2) is 0 Å². The molecule has 2 aromatic rings. The molecule has 0 radical (unpaired) electrons. The fraction of sp³-hybridized carbons (Fsp3) is 0.529. The second-order valence-corrected chi connectivity index (χ2v) is 6.38. The van der Waals surface area contributed by atoms with Gasteiger partial charge in [-0.3, -0.25) is 13.9 Å². The molecule has 1 saturated heterocycles. The lowest BCUT2D eigenvalue weighted by Crippen LogP contribution is -2.44. The van der Waals surface area contributed by atoms with Crippen LogP contribution < -0.4 is 5.69 Å². The average molecular weight is 318 g/mol. The number of aromatic nitrogens is 2. The first-order chi connectivity index (χ1) is 11.0. The summed E-state index contributed by atoms with van der Waals surface area (Å²) in [5.41, 5.74) is 1.62. The largest absolute Gasteiger partial charge is 0.465 e. The van der Waals surface area contributed by atoms with Gasteiger partial charge in [-0.2, -0.15) is 0 Å². The summed E-state index contributed by atoms with van der Waals surface area (Å²) < 4.78 is 13.8. The van der Waals surface area contributed by atoms with Crippen LogP contribution in [0, 0.1) is 5.41 Å². The van der Waals surface area contributed by atoms with E-state index in [4.69, 9.17) is 9.47 Å². The van der Waals surface area contributed by atoms with Gasteiger partial charge in [-0.25, -0.2) is 4.79 Å². The quantitative estimate of drug-likeness (QED) is 0.762. The number of imidazole rings is 1. The highest BCUT2D eigenvalue weighted by molar-refractivity contribution is 5.76. The average Bonchev–Trinajstić information content (AvgIpc) is 2.80. The Kier molecular flexibility index (Phi) is 4.26. The van der Waals surface area contributed by atoms with E-state index in [0.29, 0.717) is 32.9 Å². The molecule has 0 N–H and O–H groups in total. The van der Waals surface area contributed by atoms with Crippen LogP contribution in [0.1, 0.15) is 20.3 Å². The zero-order chi connectivity index (χ0) is 16.4. The Labute approximate surface area is 134 Å². The van der Waals surface area contributed by atoms with Crippen molar-refractivity contribution in [1.29, 1.82) is 0 Å². The fourth-order valence-electron chi connectivity index (χ4n) is 2.86. The topological polar surface area (TPSA) is 62.5 Å². The molecule has 3 rings (SSSR count). The highest BCUT2D eigenvalue weighted by atomic mass is 16.5. The number of hydrogen-bond donors (Lipinski definition) is 0. The van der Waals surface area contributed by atoms with E-state index >= 15 is 0 Å². The first-order valence-corrected chi connectivity index (χ1v) is 7.95. The van der Waals surface area contributed by atoms with Crippen molar-refractivity contribution >= 4 is 17.0 Å². The van der Waals surface area contributed by atoms with E-state index in [2.05, 4.69) is 0 Å². The van der Waals surface area contributed by atoms with Crippen LogP contribution >= 0.6 is 0 Å². The smallest absolute Gasteiger partial charge is 0.329 e. The molecule has 1 fully saturated rings. The molecule has 2 heterocycles. The van der Waals surface area contributed by atoms with E-state index in [1.54, 1.807) is 9.13 Å². The molecule has 6 nitrogen and oxygen atoms in total. The first-order valence-electron chi connectivity index (χ1n) is 7.95. The highest BCUT2D eigenvalue weighted by Gasteiger charge is 2.34. The van der Waals surface area contributed by atoms with Crippen molar-refractivity contribution in [2.24, 2.45) is 5.41 Å². The number of rotatable bonds is 6. The van der Waals surface area contributed by atoms with Crippen molar-refractivity contribution in [3.8, 4) is 0 Å². The van der Waals surface area contributed by atoms with E-state index in [9.17, 15) is 9.59 Å². The zero-order valence-electron chi connectivity index (χ0n) is 13.6.